The number of ether oxygens (including phenoxy) is 2. The molecule has 29 heavy (non-hydrogen) atoms. The maximum atomic E-state index is 13.4. The number of amides is 1. The van der Waals surface area contributed by atoms with E-state index in [-0.39, 0.29) is 29.4 Å². The molecular weight excluding hydrogens is 370 g/mol. The maximum Gasteiger partial charge on any atom is 0.232 e. The maximum absolute atomic E-state index is 13.4. The van der Waals surface area contributed by atoms with Crippen LogP contribution in [0.5, 0.6) is 11.5 Å². The molecule has 1 aliphatic heterocycles. The lowest BCUT2D eigenvalue weighted by molar-refractivity contribution is -0.121. The van der Waals surface area contributed by atoms with Gasteiger partial charge in [-0.15, -0.1) is 0 Å². The first kappa shape index (κ1) is 19.3. The van der Waals surface area contributed by atoms with Gasteiger partial charge in [0.25, 0.3) is 0 Å². The van der Waals surface area contributed by atoms with Crippen LogP contribution in [0, 0.1) is 5.41 Å². The molecule has 6 heteroatoms. The van der Waals surface area contributed by atoms with Gasteiger partial charge in [-0.1, -0.05) is 13.8 Å². The first-order chi connectivity index (χ1) is 13.8. The molecule has 152 valence electrons. The molecule has 0 fully saturated rings. The number of ketones is 1. The predicted octanol–water partition coefficient (Wildman–Crippen LogP) is 4.46. The van der Waals surface area contributed by atoms with E-state index in [9.17, 15) is 9.59 Å². The summed E-state index contributed by atoms with van der Waals surface area (Å²) in [5.41, 5.74) is 1.75. The Morgan fingerprint density at radius 2 is 1.90 bits per heavy atom. The SMILES string of the molecule is COc1ccc(OC)c(N2C(=O)CC(c3ccco3)C3=C2CC(C)(C)CC3=O)c1. The van der Waals surface area contributed by atoms with Crippen molar-refractivity contribution < 1.29 is 23.5 Å². The van der Waals surface area contributed by atoms with Crippen molar-refractivity contribution in [3.63, 3.8) is 0 Å². The van der Waals surface area contributed by atoms with Crippen LogP contribution in [0.4, 0.5) is 5.69 Å². The highest BCUT2D eigenvalue weighted by Gasteiger charge is 2.45. The number of furan rings is 1. The van der Waals surface area contributed by atoms with E-state index in [1.165, 1.54) is 0 Å². The number of nitrogens with zero attached hydrogens (tertiary/aromatic N) is 1. The normalized spacial score (nSPS) is 21.2. The van der Waals surface area contributed by atoms with E-state index in [1.54, 1.807) is 49.6 Å². The number of hydrogen-bond donors (Lipinski definition) is 0. The second-order valence-electron chi connectivity index (χ2n) is 8.34. The van der Waals surface area contributed by atoms with Crippen molar-refractivity contribution in [1.29, 1.82) is 0 Å². The van der Waals surface area contributed by atoms with E-state index in [2.05, 4.69) is 13.8 Å². The molecule has 0 spiro atoms. The van der Waals surface area contributed by atoms with Crippen molar-refractivity contribution in [3.05, 3.63) is 53.6 Å². The van der Waals surface area contributed by atoms with Crippen molar-refractivity contribution in [3.8, 4) is 11.5 Å². The van der Waals surface area contributed by atoms with Gasteiger partial charge < -0.3 is 13.9 Å². The quantitative estimate of drug-likeness (QED) is 0.764. The molecule has 0 bridgehead atoms. The molecule has 2 aromatic rings. The van der Waals surface area contributed by atoms with Gasteiger partial charge >= 0.3 is 0 Å². The Balaban J connectivity index is 1.93. The second kappa shape index (κ2) is 7.10. The van der Waals surface area contributed by atoms with Crippen LogP contribution in [-0.4, -0.2) is 25.9 Å². The van der Waals surface area contributed by atoms with E-state index in [0.29, 0.717) is 41.4 Å². The fourth-order valence-electron chi connectivity index (χ4n) is 4.40. The van der Waals surface area contributed by atoms with Crippen LogP contribution in [0.2, 0.25) is 0 Å². The monoisotopic (exact) mass is 395 g/mol. The summed E-state index contributed by atoms with van der Waals surface area (Å²) in [6, 6.07) is 8.95. The zero-order valence-corrected chi connectivity index (χ0v) is 17.2. The number of carbonyl (C=O) groups excluding carboxylic acids is 2. The molecule has 6 nitrogen and oxygen atoms in total. The van der Waals surface area contributed by atoms with Crippen molar-refractivity contribution >= 4 is 17.4 Å². The largest absolute Gasteiger partial charge is 0.497 e. The first-order valence-electron chi connectivity index (χ1n) is 9.69. The molecule has 1 aliphatic carbocycles. The smallest absolute Gasteiger partial charge is 0.232 e. The second-order valence-corrected chi connectivity index (χ2v) is 8.34. The van der Waals surface area contributed by atoms with Crippen LogP contribution >= 0.6 is 0 Å². The predicted molar refractivity (Wildman–Crippen MR) is 108 cm³/mol. The minimum absolute atomic E-state index is 0.0667. The lowest BCUT2D eigenvalue weighted by Gasteiger charge is -2.42. The lowest BCUT2D eigenvalue weighted by Crippen LogP contribution is -2.43. The highest BCUT2D eigenvalue weighted by Crippen LogP contribution is 2.49. The van der Waals surface area contributed by atoms with E-state index >= 15 is 0 Å². The minimum atomic E-state index is -0.357. The molecule has 0 N–H and O–H groups in total. The summed E-state index contributed by atoms with van der Waals surface area (Å²) in [5.74, 6) is 1.43. The topological polar surface area (TPSA) is 69.0 Å². The van der Waals surface area contributed by atoms with Gasteiger partial charge in [0.05, 0.1) is 32.1 Å². The van der Waals surface area contributed by atoms with Gasteiger partial charge in [0.2, 0.25) is 5.91 Å². The van der Waals surface area contributed by atoms with E-state index in [4.69, 9.17) is 13.9 Å². The summed E-state index contributed by atoms with van der Waals surface area (Å²) in [7, 11) is 3.14. The van der Waals surface area contributed by atoms with Gasteiger partial charge in [-0.3, -0.25) is 14.5 Å². The third kappa shape index (κ3) is 3.33. The van der Waals surface area contributed by atoms with Gasteiger partial charge in [0, 0.05) is 30.2 Å². The zero-order chi connectivity index (χ0) is 20.8. The molecule has 2 heterocycles. The van der Waals surface area contributed by atoms with Crippen molar-refractivity contribution in [2.45, 2.75) is 39.0 Å². The molecule has 0 saturated heterocycles. The Morgan fingerprint density at radius 1 is 1.10 bits per heavy atom. The van der Waals surface area contributed by atoms with Crippen molar-refractivity contribution in [1.82, 2.24) is 0 Å². The Morgan fingerprint density at radius 3 is 2.55 bits per heavy atom. The third-order valence-electron chi connectivity index (χ3n) is 5.66. The average Bonchev–Trinajstić information content (AvgIpc) is 3.20. The van der Waals surface area contributed by atoms with Crippen LogP contribution in [0.15, 0.2) is 52.3 Å². The van der Waals surface area contributed by atoms with Crippen LogP contribution in [0.3, 0.4) is 0 Å². The van der Waals surface area contributed by atoms with Gasteiger partial charge in [0.1, 0.15) is 17.3 Å². The summed E-state index contributed by atoms with van der Waals surface area (Å²) >= 11 is 0. The molecule has 1 aromatic carbocycles. The van der Waals surface area contributed by atoms with Crippen LogP contribution in [0.25, 0.3) is 0 Å². The molecule has 1 atom stereocenters. The molecule has 0 radical (unpaired) electrons. The number of benzene rings is 1. The van der Waals surface area contributed by atoms with Crippen LogP contribution in [0.1, 0.15) is 44.8 Å². The standard InChI is InChI=1S/C23H25NO5/c1-23(2)12-17-22(18(25)13-23)15(19-6-5-9-29-19)11-21(26)24(17)16-10-14(27-3)7-8-20(16)28-4/h5-10,15H,11-13H2,1-4H3. The lowest BCUT2D eigenvalue weighted by atomic mass is 9.70. The Bertz CT molecular complexity index is 987. The molecule has 1 unspecified atom stereocenters. The Hall–Kier alpha value is -3.02. The van der Waals surface area contributed by atoms with Crippen LogP contribution < -0.4 is 14.4 Å². The fraction of sp³-hybridized carbons (Fsp3) is 0.391. The van der Waals surface area contributed by atoms with Gasteiger partial charge in [-0.05, 0) is 36.1 Å². The Labute approximate surface area is 170 Å². The number of anilines is 1. The summed E-state index contributed by atoms with van der Waals surface area (Å²) in [4.78, 5) is 28.2. The minimum Gasteiger partial charge on any atom is -0.497 e. The third-order valence-corrected chi connectivity index (χ3v) is 5.66. The molecule has 2 aliphatic rings. The van der Waals surface area contributed by atoms with E-state index in [0.717, 1.165) is 5.70 Å². The number of hydrogen-bond acceptors (Lipinski definition) is 5. The van der Waals surface area contributed by atoms with Gasteiger partial charge in [-0.2, -0.15) is 0 Å². The number of rotatable bonds is 4. The summed E-state index contributed by atoms with van der Waals surface area (Å²) in [6.45, 7) is 4.10. The van der Waals surface area contributed by atoms with E-state index in [1.807, 2.05) is 6.07 Å². The first-order valence-corrected chi connectivity index (χ1v) is 9.69. The van der Waals surface area contributed by atoms with Gasteiger partial charge in [-0.25, -0.2) is 0 Å². The number of allylic oxidation sites excluding steroid dienone is 2. The molecular formula is C23H25NO5. The summed E-state index contributed by atoms with van der Waals surface area (Å²) < 4.78 is 16.5. The number of methoxy groups -OCH3 is 2. The van der Waals surface area contributed by atoms with Crippen molar-refractivity contribution in [2.24, 2.45) is 5.41 Å². The number of Topliss-reactive ketones (excluding diaryl/α,β-unsaturated/α-hetero) is 1. The van der Waals surface area contributed by atoms with Crippen molar-refractivity contribution in [2.75, 3.05) is 19.1 Å². The summed E-state index contributed by atoms with van der Waals surface area (Å²) in [5, 5.41) is 0. The molecule has 1 amide bonds. The van der Waals surface area contributed by atoms with Crippen LogP contribution in [-0.2, 0) is 9.59 Å². The molecule has 1 aromatic heterocycles. The molecule has 0 saturated carbocycles. The fourth-order valence-corrected chi connectivity index (χ4v) is 4.40. The Kier molecular flexibility index (Phi) is 4.73. The highest BCUT2D eigenvalue weighted by atomic mass is 16.5. The summed E-state index contributed by atoms with van der Waals surface area (Å²) in [6.07, 6.45) is 2.80. The molecule has 4 rings (SSSR count). The zero-order valence-electron chi connectivity index (χ0n) is 17.2. The van der Waals surface area contributed by atoms with Gasteiger partial charge in [0.15, 0.2) is 5.78 Å². The number of carbonyl (C=O) groups is 2. The highest BCUT2D eigenvalue weighted by molar-refractivity contribution is 6.08. The average molecular weight is 395 g/mol. The van der Waals surface area contributed by atoms with E-state index < -0.39 is 0 Å².